The predicted molar refractivity (Wildman–Crippen MR) is 79.5 cm³/mol. The lowest BCUT2D eigenvalue weighted by molar-refractivity contribution is -0.120. The molecule has 1 saturated carbocycles. The van der Waals surface area contributed by atoms with Crippen LogP contribution in [0.3, 0.4) is 0 Å². The zero-order valence-corrected chi connectivity index (χ0v) is 12.6. The van der Waals surface area contributed by atoms with Gasteiger partial charge in [0.25, 0.3) is 0 Å². The van der Waals surface area contributed by atoms with E-state index in [1.165, 1.54) is 5.56 Å². The van der Waals surface area contributed by atoms with Crippen LogP contribution in [0.15, 0.2) is 18.2 Å². The van der Waals surface area contributed by atoms with Gasteiger partial charge >= 0.3 is 0 Å². The zero-order valence-electron chi connectivity index (χ0n) is 12.6. The summed E-state index contributed by atoms with van der Waals surface area (Å²) in [6, 6.07) is 6.09. The Morgan fingerprint density at radius 1 is 1.20 bits per heavy atom. The van der Waals surface area contributed by atoms with E-state index in [4.69, 9.17) is 9.47 Å². The number of carbonyl (C=O) groups excluding carboxylic acids is 1. The van der Waals surface area contributed by atoms with Gasteiger partial charge < -0.3 is 9.47 Å². The Hall–Kier alpha value is -1.51. The number of ketones is 1. The summed E-state index contributed by atoms with van der Waals surface area (Å²) in [4.78, 5) is 11.7. The molecule has 2 unspecified atom stereocenters. The maximum Gasteiger partial charge on any atom is 0.161 e. The van der Waals surface area contributed by atoms with Crippen molar-refractivity contribution in [2.75, 3.05) is 13.2 Å². The maximum absolute atomic E-state index is 11.7. The van der Waals surface area contributed by atoms with E-state index < -0.39 is 0 Å². The average Bonchev–Trinajstić information content (AvgIpc) is 3.26. The Morgan fingerprint density at radius 3 is 2.65 bits per heavy atom. The molecule has 0 amide bonds. The van der Waals surface area contributed by atoms with E-state index in [9.17, 15) is 4.79 Å². The first kappa shape index (κ1) is 14.9. The molecular weight excluding hydrogens is 252 g/mol. The molecule has 1 aromatic carbocycles. The quantitative estimate of drug-likeness (QED) is 0.721. The van der Waals surface area contributed by atoms with Crippen LogP contribution in [-0.2, 0) is 4.79 Å². The summed E-state index contributed by atoms with van der Waals surface area (Å²) in [6.45, 7) is 7.30. The number of benzene rings is 1. The van der Waals surface area contributed by atoms with Crippen molar-refractivity contribution in [3.63, 3.8) is 0 Å². The largest absolute Gasteiger partial charge is 0.490 e. The topological polar surface area (TPSA) is 35.5 Å². The zero-order chi connectivity index (χ0) is 14.5. The second kappa shape index (κ2) is 6.78. The molecule has 1 aliphatic carbocycles. The number of carbonyl (C=O) groups is 1. The van der Waals surface area contributed by atoms with Crippen molar-refractivity contribution in [3.8, 4) is 11.5 Å². The van der Waals surface area contributed by atoms with Crippen LogP contribution in [0.2, 0.25) is 0 Å². The van der Waals surface area contributed by atoms with Crippen LogP contribution >= 0.6 is 0 Å². The van der Waals surface area contributed by atoms with Gasteiger partial charge in [-0.05, 0) is 43.4 Å². The number of rotatable bonds is 8. The molecule has 0 aromatic heterocycles. The first-order chi connectivity index (χ1) is 9.71. The average molecular weight is 276 g/mol. The third-order valence-corrected chi connectivity index (χ3v) is 3.71. The van der Waals surface area contributed by atoms with E-state index in [0.717, 1.165) is 24.3 Å². The minimum Gasteiger partial charge on any atom is -0.490 e. The Bertz CT molecular complexity index is 467. The van der Waals surface area contributed by atoms with Gasteiger partial charge in [-0.25, -0.2) is 0 Å². The molecule has 0 heterocycles. The third kappa shape index (κ3) is 3.33. The van der Waals surface area contributed by atoms with Crippen molar-refractivity contribution in [3.05, 3.63) is 23.8 Å². The van der Waals surface area contributed by atoms with Crippen molar-refractivity contribution in [1.82, 2.24) is 0 Å². The fourth-order valence-corrected chi connectivity index (χ4v) is 2.54. The monoisotopic (exact) mass is 276 g/mol. The molecule has 110 valence electrons. The van der Waals surface area contributed by atoms with Crippen LogP contribution in [0.1, 0.15) is 51.5 Å². The smallest absolute Gasteiger partial charge is 0.161 e. The Kier molecular flexibility index (Phi) is 5.05. The SMILES string of the molecule is CCCOc1ccc(C2CC2C(=O)CC)cc1OCC. The van der Waals surface area contributed by atoms with Crippen molar-refractivity contribution < 1.29 is 14.3 Å². The summed E-state index contributed by atoms with van der Waals surface area (Å²) >= 11 is 0. The van der Waals surface area contributed by atoms with E-state index in [1.807, 2.05) is 26.0 Å². The Labute approximate surface area is 121 Å². The third-order valence-electron chi connectivity index (χ3n) is 3.71. The van der Waals surface area contributed by atoms with Crippen molar-refractivity contribution in [2.45, 2.75) is 46.0 Å². The summed E-state index contributed by atoms with van der Waals surface area (Å²) in [7, 11) is 0. The van der Waals surface area contributed by atoms with Gasteiger partial charge in [-0.15, -0.1) is 0 Å². The van der Waals surface area contributed by atoms with Gasteiger partial charge in [0.2, 0.25) is 0 Å². The van der Waals surface area contributed by atoms with Crippen LogP contribution in [0.25, 0.3) is 0 Å². The van der Waals surface area contributed by atoms with Crippen LogP contribution < -0.4 is 9.47 Å². The van der Waals surface area contributed by atoms with Gasteiger partial charge in [0.15, 0.2) is 11.5 Å². The van der Waals surface area contributed by atoms with Gasteiger partial charge in [-0.2, -0.15) is 0 Å². The molecule has 0 radical (unpaired) electrons. The van der Waals surface area contributed by atoms with E-state index in [2.05, 4.69) is 13.0 Å². The van der Waals surface area contributed by atoms with Crippen molar-refractivity contribution >= 4 is 5.78 Å². The summed E-state index contributed by atoms with van der Waals surface area (Å²) < 4.78 is 11.4. The van der Waals surface area contributed by atoms with Crippen LogP contribution in [0, 0.1) is 5.92 Å². The summed E-state index contributed by atoms with van der Waals surface area (Å²) in [5, 5.41) is 0. The highest BCUT2D eigenvalue weighted by atomic mass is 16.5. The van der Waals surface area contributed by atoms with Crippen molar-refractivity contribution in [2.24, 2.45) is 5.92 Å². The Balaban J connectivity index is 2.12. The molecule has 0 bridgehead atoms. The summed E-state index contributed by atoms with van der Waals surface area (Å²) in [5.41, 5.74) is 1.20. The molecule has 0 aliphatic heterocycles. The lowest BCUT2D eigenvalue weighted by Crippen LogP contribution is -2.02. The van der Waals surface area contributed by atoms with E-state index in [-0.39, 0.29) is 5.92 Å². The van der Waals surface area contributed by atoms with Gasteiger partial charge in [-0.1, -0.05) is 19.9 Å². The molecular formula is C17H24O3. The maximum atomic E-state index is 11.7. The summed E-state index contributed by atoms with van der Waals surface area (Å²) in [5.74, 6) is 2.57. The molecule has 20 heavy (non-hydrogen) atoms. The number of hydrogen-bond acceptors (Lipinski definition) is 3. The fourth-order valence-electron chi connectivity index (χ4n) is 2.54. The van der Waals surface area contributed by atoms with Gasteiger partial charge in [0.05, 0.1) is 13.2 Å². The van der Waals surface area contributed by atoms with E-state index in [1.54, 1.807) is 0 Å². The standard InChI is InChI=1S/C17H24O3/c1-4-9-20-16-8-7-12(10-17(16)19-6-3)13-11-14(13)15(18)5-2/h7-8,10,13-14H,4-6,9,11H2,1-3H3. The molecule has 3 heteroatoms. The molecule has 1 fully saturated rings. The number of Topliss-reactive ketones (excluding diaryl/α,β-unsaturated/α-hetero) is 1. The predicted octanol–water partition coefficient (Wildman–Crippen LogP) is 3.96. The highest BCUT2D eigenvalue weighted by Gasteiger charge is 2.42. The van der Waals surface area contributed by atoms with Crippen LogP contribution in [-0.4, -0.2) is 19.0 Å². The van der Waals surface area contributed by atoms with Gasteiger partial charge in [0.1, 0.15) is 5.78 Å². The molecule has 2 atom stereocenters. The molecule has 1 aromatic rings. The first-order valence-corrected chi connectivity index (χ1v) is 7.63. The van der Waals surface area contributed by atoms with Gasteiger partial charge in [0, 0.05) is 12.3 Å². The minimum atomic E-state index is 0.219. The number of ether oxygens (including phenoxy) is 2. The lowest BCUT2D eigenvalue weighted by atomic mass is 10.1. The highest BCUT2D eigenvalue weighted by Crippen LogP contribution is 2.49. The highest BCUT2D eigenvalue weighted by molar-refractivity contribution is 5.84. The van der Waals surface area contributed by atoms with Crippen molar-refractivity contribution in [1.29, 1.82) is 0 Å². The molecule has 0 saturated heterocycles. The summed E-state index contributed by atoms with van der Waals surface area (Å²) in [6.07, 6.45) is 2.59. The Morgan fingerprint density at radius 2 is 2.00 bits per heavy atom. The molecule has 2 rings (SSSR count). The molecule has 3 nitrogen and oxygen atoms in total. The lowest BCUT2D eigenvalue weighted by Gasteiger charge is -2.13. The molecule has 1 aliphatic rings. The fraction of sp³-hybridized carbons (Fsp3) is 0.588. The molecule has 0 spiro atoms. The van der Waals surface area contributed by atoms with E-state index in [0.29, 0.717) is 31.3 Å². The van der Waals surface area contributed by atoms with Crippen LogP contribution in [0.4, 0.5) is 0 Å². The first-order valence-electron chi connectivity index (χ1n) is 7.63. The molecule has 0 N–H and O–H groups in total. The second-order valence-electron chi connectivity index (χ2n) is 5.26. The van der Waals surface area contributed by atoms with E-state index >= 15 is 0 Å². The minimum absolute atomic E-state index is 0.219. The normalized spacial score (nSPS) is 20.6. The second-order valence-corrected chi connectivity index (χ2v) is 5.26. The number of hydrogen-bond donors (Lipinski definition) is 0. The van der Waals surface area contributed by atoms with Gasteiger partial charge in [-0.3, -0.25) is 4.79 Å². The van der Waals surface area contributed by atoms with Crippen LogP contribution in [0.5, 0.6) is 11.5 Å².